The summed E-state index contributed by atoms with van der Waals surface area (Å²) >= 11 is 0. The first-order valence-electron chi connectivity index (χ1n) is 6.40. The van der Waals surface area contributed by atoms with Gasteiger partial charge in [0.1, 0.15) is 17.0 Å². The molecule has 9 nitrogen and oxygen atoms in total. The molecule has 0 saturated carbocycles. The highest BCUT2D eigenvalue weighted by atomic mass is 16.6. The number of methoxy groups -OCH3 is 3. The van der Waals surface area contributed by atoms with Crippen LogP contribution in [0.5, 0.6) is 11.5 Å². The number of ether oxygens (including phenoxy) is 3. The fraction of sp³-hybridized carbons (Fsp3) is 0.286. The Morgan fingerprint density at radius 2 is 1.83 bits per heavy atom. The summed E-state index contributed by atoms with van der Waals surface area (Å²) in [6, 6.07) is 2.56. The SMILES string of the molecule is COC(=O)c1c(-c2cc(OC)c(OC)cc2[N+](=O)[O-])noc1C. The summed E-state index contributed by atoms with van der Waals surface area (Å²) in [5, 5.41) is 15.1. The van der Waals surface area contributed by atoms with E-state index < -0.39 is 10.9 Å². The highest BCUT2D eigenvalue weighted by Crippen LogP contribution is 2.41. The van der Waals surface area contributed by atoms with Crippen molar-refractivity contribution in [2.75, 3.05) is 21.3 Å². The molecule has 1 heterocycles. The molecule has 122 valence electrons. The molecule has 0 N–H and O–H groups in total. The number of carbonyl (C=O) groups excluding carboxylic acids is 1. The van der Waals surface area contributed by atoms with E-state index in [0.717, 1.165) is 0 Å². The Morgan fingerprint density at radius 3 is 2.35 bits per heavy atom. The van der Waals surface area contributed by atoms with Gasteiger partial charge in [-0.1, -0.05) is 5.16 Å². The number of rotatable bonds is 5. The Bertz CT molecular complexity index is 767. The summed E-state index contributed by atoms with van der Waals surface area (Å²) in [6.45, 7) is 1.51. The largest absolute Gasteiger partial charge is 0.493 e. The van der Waals surface area contributed by atoms with E-state index in [1.165, 1.54) is 40.4 Å². The standard InChI is InChI=1S/C14H14N2O7/c1-7-12(14(17)22-4)13(15-23-7)8-5-10(20-2)11(21-3)6-9(8)16(18)19/h5-6H,1-4H3. The lowest BCUT2D eigenvalue weighted by Crippen LogP contribution is -2.05. The maximum atomic E-state index is 11.9. The summed E-state index contributed by atoms with van der Waals surface area (Å²) in [5.41, 5.74) is -0.226. The predicted molar refractivity (Wildman–Crippen MR) is 77.8 cm³/mol. The topological polar surface area (TPSA) is 114 Å². The molecule has 1 aromatic carbocycles. The smallest absolute Gasteiger partial charge is 0.343 e. The van der Waals surface area contributed by atoms with Crippen molar-refractivity contribution in [1.29, 1.82) is 0 Å². The summed E-state index contributed by atoms with van der Waals surface area (Å²) < 4.78 is 19.9. The van der Waals surface area contributed by atoms with Crippen molar-refractivity contribution in [2.45, 2.75) is 6.92 Å². The number of aromatic nitrogens is 1. The Hall–Kier alpha value is -3.10. The van der Waals surface area contributed by atoms with Crippen molar-refractivity contribution in [3.63, 3.8) is 0 Å². The van der Waals surface area contributed by atoms with Crippen LogP contribution in [0, 0.1) is 17.0 Å². The number of esters is 1. The first kappa shape index (κ1) is 16.3. The van der Waals surface area contributed by atoms with Gasteiger partial charge in [0.2, 0.25) is 0 Å². The van der Waals surface area contributed by atoms with Gasteiger partial charge in [-0.05, 0) is 6.92 Å². The molecule has 0 atom stereocenters. The zero-order chi connectivity index (χ0) is 17.1. The number of nitrogens with zero attached hydrogens (tertiary/aromatic N) is 2. The monoisotopic (exact) mass is 322 g/mol. The summed E-state index contributed by atoms with van der Waals surface area (Å²) in [5.74, 6) is -0.0777. The first-order valence-corrected chi connectivity index (χ1v) is 6.40. The van der Waals surface area contributed by atoms with E-state index in [0.29, 0.717) is 0 Å². The van der Waals surface area contributed by atoms with E-state index in [1.807, 2.05) is 0 Å². The van der Waals surface area contributed by atoms with E-state index >= 15 is 0 Å². The average molecular weight is 322 g/mol. The molecule has 0 bridgehead atoms. The third kappa shape index (κ3) is 2.80. The molecular weight excluding hydrogens is 308 g/mol. The Balaban J connectivity index is 2.77. The molecule has 0 aliphatic carbocycles. The molecule has 0 unspecified atom stereocenters. The third-order valence-electron chi connectivity index (χ3n) is 3.21. The normalized spacial score (nSPS) is 10.3. The number of hydrogen-bond donors (Lipinski definition) is 0. The summed E-state index contributed by atoms with van der Waals surface area (Å²) in [4.78, 5) is 22.6. The highest BCUT2D eigenvalue weighted by molar-refractivity contribution is 5.98. The maximum Gasteiger partial charge on any atom is 0.343 e. The van der Waals surface area contributed by atoms with Crippen molar-refractivity contribution in [3.8, 4) is 22.8 Å². The number of nitro groups is 1. The molecular formula is C14H14N2O7. The fourth-order valence-corrected chi connectivity index (χ4v) is 2.11. The lowest BCUT2D eigenvalue weighted by atomic mass is 10.0. The molecule has 9 heteroatoms. The molecule has 0 radical (unpaired) electrons. The third-order valence-corrected chi connectivity index (χ3v) is 3.21. The predicted octanol–water partition coefficient (Wildman–Crippen LogP) is 2.36. The first-order chi connectivity index (χ1) is 10.9. The molecule has 0 aliphatic rings. The van der Waals surface area contributed by atoms with Crippen LogP contribution >= 0.6 is 0 Å². The molecule has 0 saturated heterocycles. The molecule has 2 rings (SSSR count). The van der Waals surface area contributed by atoms with Crippen molar-refractivity contribution in [1.82, 2.24) is 5.16 Å². The average Bonchev–Trinajstić information content (AvgIpc) is 2.94. The van der Waals surface area contributed by atoms with Crippen molar-refractivity contribution in [2.24, 2.45) is 0 Å². The van der Waals surface area contributed by atoms with Crippen LogP contribution in [0.15, 0.2) is 16.7 Å². The number of hydrogen-bond acceptors (Lipinski definition) is 8. The van der Waals surface area contributed by atoms with Gasteiger partial charge in [0, 0.05) is 6.07 Å². The number of aryl methyl sites for hydroxylation is 1. The minimum absolute atomic E-state index is 0.00185. The van der Waals surface area contributed by atoms with Crippen LogP contribution in [-0.2, 0) is 4.74 Å². The quantitative estimate of drug-likeness (QED) is 0.468. The van der Waals surface area contributed by atoms with E-state index in [1.54, 1.807) is 0 Å². The van der Waals surface area contributed by atoms with Gasteiger partial charge in [0.05, 0.1) is 37.9 Å². The van der Waals surface area contributed by atoms with Crippen LogP contribution < -0.4 is 9.47 Å². The second kappa shape index (κ2) is 6.34. The molecule has 0 fully saturated rings. The van der Waals surface area contributed by atoms with Crippen LogP contribution in [0.25, 0.3) is 11.3 Å². The van der Waals surface area contributed by atoms with Crippen molar-refractivity contribution < 1.29 is 28.5 Å². The Morgan fingerprint density at radius 1 is 1.22 bits per heavy atom. The van der Waals surface area contributed by atoms with E-state index in [-0.39, 0.29) is 39.8 Å². The van der Waals surface area contributed by atoms with Crippen LogP contribution in [0.2, 0.25) is 0 Å². The molecule has 1 aromatic heterocycles. The van der Waals surface area contributed by atoms with Gasteiger partial charge >= 0.3 is 5.97 Å². The van der Waals surface area contributed by atoms with Gasteiger partial charge < -0.3 is 18.7 Å². The van der Waals surface area contributed by atoms with Gasteiger partial charge in [-0.2, -0.15) is 0 Å². The van der Waals surface area contributed by atoms with Gasteiger partial charge in [-0.15, -0.1) is 0 Å². The van der Waals surface area contributed by atoms with Crippen LogP contribution in [0.1, 0.15) is 16.1 Å². The minimum atomic E-state index is -0.706. The van der Waals surface area contributed by atoms with Crippen molar-refractivity contribution in [3.05, 3.63) is 33.6 Å². The fourth-order valence-electron chi connectivity index (χ4n) is 2.11. The van der Waals surface area contributed by atoms with Gasteiger partial charge in [-0.25, -0.2) is 4.79 Å². The number of benzene rings is 1. The van der Waals surface area contributed by atoms with Gasteiger partial charge in [0.25, 0.3) is 5.69 Å². The Kier molecular flexibility index (Phi) is 4.49. The summed E-state index contributed by atoms with van der Waals surface area (Å²) in [7, 11) is 3.95. The van der Waals surface area contributed by atoms with Gasteiger partial charge in [-0.3, -0.25) is 10.1 Å². The molecule has 0 amide bonds. The molecule has 0 aliphatic heterocycles. The van der Waals surface area contributed by atoms with Crippen molar-refractivity contribution >= 4 is 11.7 Å². The van der Waals surface area contributed by atoms with Crippen LogP contribution in [0.4, 0.5) is 5.69 Å². The number of nitro benzene ring substituents is 1. The van der Waals surface area contributed by atoms with Crippen LogP contribution in [0.3, 0.4) is 0 Å². The molecule has 23 heavy (non-hydrogen) atoms. The highest BCUT2D eigenvalue weighted by Gasteiger charge is 2.29. The van der Waals surface area contributed by atoms with E-state index in [2.05, 4.69) is 9.89 Å². The summed E-state index contributed by atoms with van der Waals surface area (Å²) in [6.07, 6.45) is 0. The molecule has 0 spiro atoms. The number of carbonyl (C=O) groups is 1. The zero-order valence-corrected chi connectivity index (χ0v) is 12.9. The van der Waals surface area contributed by atoms with E-state index in [9.17, 15) is 14.9 Å². The van der Waals surface area contributed by atoms with Crippen LogP contribution in [-0.4, -0.2) is 37.4 Å². The lowest BCUT2D eigenvalue weighted by Gasteiger charge is -2.10. The Labute approximate surface area is 130 Å². The maximum absolute atomic E-state index is 11.9. The molecule has 2 aromatic rings. The second-order valence-corrected chi connectivity index (χ2v) is 4.44. The lowest BCUT2D eigenvalue weighted by molar-refractivity contribution is -0.384. The minimum Gasteiger partial charge on any atom is -0.493 e. The van der Waals surface area contributed by atoms with Gasteiger partial charge in [0.15, 0.2) is 11.5 Å². The second-order valence-electron chi connectivity index (χ2n) is 4.44. The zero-order valence-electron chi connectivity index (χ0n) is 12.9. The van der Waals surface area contributed by atoms with E-state index in [4.69, 9.17) is 14.0 Å².